The number of hydrogen-bond acceptors (Lipinski definition) is 4. The molecule has 0 bridgehead atoms. The summed E-state index contributed by atoms with van der Waals surface area (Å²) in [7, 11) is 0. The van der Waals surface area contributed by atoms with E-state index in [1.54, 1.807) is 0 Å². The second-order valence-corrected chi connectivity index (χ2v) is 6.37. The van der Waals surface area contributed by atoms with Gasteiger partial charge in [-0.15, -0.1) is 0 Å². The van der Waals surface area contributed by atoms with E-state index in [1.165, 1.54) is 37.9 Å². The van der Waals surface area contributed by atoms with E-state index in [0.29, 0.717) is 18.6 Å². The monoisotopic (exact) mass is 244 g/mol. The molecule has 1 saturated heterocycles. The van der Waals surface area contributed by atoms with Crippen molar-refractivity contribution < 1.29 is 5.11 Å². The van der Waals surface area contributed by atoms with Crippen molar-refractivity contribution in [3.05, 3.63) is 0 Å². The van der Waals surface area contributed by atoms with Gasteiger partial charge in [-0.25, -0.2) is 0 Å². The lowest BCUT2D eigenvalue weighted by Crippen LogP contribution is -2.58. The topological polar surface area (TPSA) is 58.3 Å². The summed E-state index contributed by atoms with van der Waals surface area (Å²) < 4.78 is 0. The van der Waals surface area contributed by atoms with Crippen LogP contribution >= 0.6 is 11.8 Å². The fourth-order valence-electron chi connectivity index (χ4n) is 2.95. The Kier molecular flexibility index (Phi) is 4.53. The summed E-state index contributed by atoms with van der Waals surface area (Å²) in [6, 6.07) is 0.487. The van der Waals surface area contributed by atoms with E-state index in [0.717, 1.165) is 12.3 Å². The molecule has 4 heteroatoms. The lowest BCUT2D eigenvalue weighted by Gasteiger charge is -2.39. The highest BCUT2D eigenvalue weighted by atomic mass is 32.2. The van der Waals surface area contributed by atoms with Crippen LogP contribution in [0.2, 0.25) is 0 Å². The second-order valence-electron chi connectivity index (χ2n) is 5.26. The molecule has 3 nitrogen and oxygen atoms in total. The number of aliphatic hydroxyl groups is 1. The van der Waals surface area contributed by atoms with Crippen molar-refractivity contribution in [2.24, 2.45) is 11.7 Å². The van der Waals surface area contributed by atoms with Gasteiger partial charge in [0.15, 0.2) is 0 Å². The fraction of sp³-hybridized carbons (Fsp3) is 1.00. The van der Waals surface area contributed by atoms with Gasteiger partial charge >= 0.3 is 0 Å². The van der Waals surface area contributed by atoms with Crippen LogP contribution in [0.4, 0.5) is 0 Å². The van der Waals surface area contributed by atoms with Gasteiger partial charge in [-0.2, -0.15) is 11.8 Å². The van der Waals surface area contributed by atoms with Crippen LogP contribution in [0.5, 0.6) is 0 Å². The predicted molar refractivity (Wildman–Crippen MR) is 69.7 cm³/mol. The molecule has 1 aliphatic heterocycles. The molecule has 0 spiro atoms. The highest BCUT2D eigenvalue weighted by Crippen LogP contribution is 2.31. The summed E-state index contributed by atoms with van der Waals surface area (Å²) in [6.07, 6.45) is 6.12. The summed E-state index contributed by atoms with van der Waals surface area (Å²) in [5, 5.41) is 13.2. The minimum Gasteiger partial charge on any atom is -0.396 e. The van der Waals surface area contributed by atoms with Gasteiger partial charge in [0.05, 0.1) is 0 Å². The van der Waals surface area contributed by atoms with Crippen molar-refractivity contribution >= 4 is 11.8 Å². The molecule has 0 aromatic carbocycles. The SMILES string of the molecule is NCC1(NC2CCCCC2CO)CCSC1. The third-order valence-electron chi connectivity index (χ3n) is 4.13. The molecule has 4 N–H and O–H groups in total. The first-order chi connectivity index (χ1) is 7.79. The third kappa shape index (κ3) is 2.73. The number of nitrogens with two attached hydrogens (primary N) is 1. The van der Waals surface area contributed by atoms with Gasteiger partial charge in [0, 0.05) is 30.5 Å². The van der Waals surface area contributed by atoms with Crippen LogP contribution in [0, 0.1) is 5.92 Å². The Labute approximate surface area is 103 Å². The molecule has 94 valence electrons. The molecule has 1 aliphatic carbocycles. The first kappa shape index (κ1) is 12.7. The van der Waals surface area contributed by atoms with Crippen LogP contribution in [0.1, 0.15) is 32.1 Å². The Morgan fingerprint density at radius 2 is 2.19 bits per heavy atom. The van der Waals surface area contributed by atoms with Crippen LogP contribution in [-0.2, 0) is 0 Å². The van der Waals surface area contributed by atoms with E-state index in [1.807, 2.05) is 11.8 Å². The van der Waals surface area contributed by atoms with Gasteiger partial charge in [0.1, 0.15) is 0 Å². The minimum absolute atomic E-state index is 0.153. The standard InChI is InChI=1S/C12H24N2OS/c13-8-12(5-6-16-9-12)14-11-4-2-1-3-10(11)7-15/h10-11,14-15H,1-9,13H2. The number of thioether (sulfide) groups is 1. The molecular weight excluding hydrogens is 220 g/mol. The van der Waals surface area contributed by atoms with E-state index in [9.17, 15) is 5.11 Å². The van der Waals surface area contributed by atoms with Crippen molar-refractivity contribution in [1.82, 2.24) is 5.32 Å². The average Bonchev–Trinajstić information content (AvgIpc) is 2.79. The molecule has 0 aromatic heterocycles. The Hall–Kier alpha value is 0.230. The number of nitrogens with one attached hydrogen (secondary N) is 1. The van der Waals surface area contributed by atoms with Gasteiger partial charge in [0.2, 0.25) is 0 Å². The molecule has 3 atom stereocenters. The first-order valence-corrected chi connectivity index (χ1v) is 7.61. The number of aliphatic hydroxyl groups excluding tert-OH is 1. The molecule has 3 unspecified atom stereocenters. The Morgan fingerprint density at radius 1 is 1.38 bits per heavy atom. The van der Waals surface area contributed by atoms with Gasteiger partial charge < -0.3 is 16.2 Å². The Balaban J connectivity index is 1.95. The summed E-state index contributed by atoms with van der Waals surface area (Å²) in [4.78, 5) is 0. The molecule has 1 saturated carbocycles. The highest BCUT2D eigenvalue weighted by molar-refractivity contribution is 7.99. The Bertz CT molecular complexity index is 219. The van der Waals surface area contributed by atoms with E-state index in [2.05, 4.69) is 5.32 Å². The smallest absolute Gasteiger partial charge is 0.0474 e. The maximum Gasteiger partial charge on any atom is 0.0474 e. The molecule has 2 aliphatic rings. The Morgan fingerprint density at radius 3 is 2.81 bits per heavy atom. The van der Waals surface area contributed by atoms with E-state index in [4.69, 9.17) is 5.73 Å². The van der Waals surface area contributed by atoms with Crippen molar-refractivity contribution in [1.29, 1.82) is 0 Å². The molecular formula is C12H24N2OS. The van der Waals surface area contributed by atoms with E-state index < -0.39 is 0 Å². The van der Waals surface area contributed by atoms with Crippen molar-refractivity contribution in [2.45, 2.75) is 43.7 Å². The summed E-state index contributed by atoms with van der Waals surface area (Å²) >= 11 is 2.00. The van der Waals surface area contributed by atoms with Crippen LogP contribution in [-0.4, -0.2) is 41.3 Å². The largest absolute Gasteiger partial charge is 0.396 e. The van der Waals surface area contributed by atoms with Crippen molar-refractivity contribution in [3.8, 4) is 0 Å². The van der Waals surface area contributed by atoms with Gasteiger partial charge in [0.25, 0.3) is 0 Å². The van der Waals surface area contributed by atoms with Crippen molar-refractivity contribution in [2.75, 3.05) is 24.7 Å². The molecule has 0 radical (unpaired) electrons. The molecule has 0 amide bonds. The zero-order valence-electron chi connectivity index (χ0n) is 9.95. The average molecular weight is 244 g/mol. The van der Waals surface area contributed by atoms with Gasteiger partial charge in [-0.3, -0.25) is 0 Å². The van der Waals surface area contributed by atoms with Crippen LogP contribution in [0.25, 0.3) is 0 Å². The van der Waals surface area contributed by atoms with Crippen LogP contribution in [0.3, 0.4) is 0 Å². The third-order valence-corrected chi connectivity index (χ3v) is 5.38. The van der Waals surface area contributed by atoms with Gasteiger partial charge in [-0.1, -0.05) is 12.8 Å². The van der Waals surface area contributed by atoms with E-state index >= 15 is 0 Å². The summed E-state index contributed by atoms with van der Waals surface area (Å²) in [5.74, 6) is 2.81. The second kappa shape index (κ2) is 5.71. The first-order valence-electron chi connectivity index (χ1n) is 6.46. The normalized spacial score (nSPS) is 40.1. The molecule has 16 heavy (non-hydrogen) atoms. The van der Waals surface area contributed by atoms with Gasteiger partial charge in [-0.05, 0) is 30.9 Å². The maximum atomic E-state index is 9.42. The van der Waals surface area contributed by atoms with Crippen LogP contribution in [0.15, 0.2) is 0 Å². The zero-order chi connectivity index (χ0) is 11.4. The summed E-state index contributed by atoms with van der Waals surface area (Å²) in [5.41, 5.74) is 6.09. The predicted octanol–water partition coefficient (Wildman–Crippen LogP) is 0.961. The van der Waals surface area contributed by atoms with Crippen LogP contribution < -0.4 is 11.1 Å². The highest BCUT2D eigenvalue weighted by Gasteiger charge is 2.37. The number of hydrogen-bond donors (Lipinski definition) is 3. The van der Waals surface area contributed by atoms with Crippen molar-refractivity contribution in [3.63, 3.8) is 0 Å². The lowest BCUT2D eigenvalue weighted by atomic mass is 9.83. The maximum absolute atomic E-state index is 9.42. The number of rotatable bonds is 4. The summed E-state index contributed by atoms with van der Waals surface area (Å²) in [6.45, 7) is 1.06. The molecule has 0 aromatic rings. The quantitative estimate of drug-likeness (QED) is 0.689. The molecule has 1 heterocycles. The molecule has 2 fully saturated rings. The zero-order valence-corrected chi connectivity index (χ0v) is 10.8. The fourth-order valence-corrected chi connectivity index (χ4v) is 4.37. The lowest BCUT2D eigenvalue weighted by molar-refractivity contribution is 0.133. The van der Waals surface area contributed by atoms with E-state index in [-0.39, 0.29) is 5.54 Å². The minimum atomic E-state index is 0.153. The molecule has 2 rings (SSSR count).